The largest absolute Gasteiger partial charge is 0.338 e. The Hall–Kier alpha value is -1.42. The molecule has 2 aliphatic heterocycles. The summed E-state index contributed by atoms with van der Waals surface area (Å²) in [4.78, 5) is 17.3. The highest BCUT2D eigenvalue weighted by molar-refractivity contribution is 5.76. The zero-order chi connectivity index (χ0) is 19.2. The highest BCUT2D eigenvalue weighted by Crippen LogP contribution is 2.53. The van der Waals surface area contributed by atoms with E-state index in [4.69, 9.17) is 0 Å². The highest BCUT2D eigenvalue weighted by Gasteiger charge is 2.51. The van der Waals surface area contributed by atoms with Crippen molar-refractivity contribution < 1.29 is 9.18 Å². The lowest BCUT2D eigenvalue weighted by atomic mass is 9.65. The van der Waals surface area contributed by atoms with Crippen LogP contribution in [0.4, 0.5) is 4.39 Å². The van der Waals surface area contributed by atoms with Crippen LogP contribution in [0.25, 0.3) is 0 Å². The molecule has 3 unspecified atom stereocenters. The van der Waals surface area contributed by atoms with Crippen LogP contribution in [0.15, 0.2) is 24.3 Å². The van der Waals surface area contributed by atoms with E-state index in [2.05, 4.69) is 25.7 Å². The molecule has 1 aromatic rings. The first-order chi connectivity index (χ1) is 12.7. The molecule has 0 aromatic heterocycles. The maximum Gasteiger partial charge on any atom is 0.222 e. The number of carbonyl (C=O) groups is 1. The first-order valence-corrected chi connectivity index (χ1v) is 10.5. The van der Waals surface area contributed by atoms with Gasteiger partial charge < -0.3 is 4.90 Å². The van der Waals surface area contributed by atoms with E-state index in [9.17, 15) is 9.18 Å². The van der Waals surface area contributed by atoms with Gasteiger partial charge in [0.05, 0.1) is 0 Å². The summed E-state index contributed by atoms with van der Waals surface area (Å²) in [6, 6.07) is 7.81. The summed E-state index contributed by atoms with van der Waals surface area (Å²) in [6.45, 7) is 9.78. The van der Waals surface area contributed by atoms with E-state index >= 15 is 0 Å². The average Bonchev–Trinajstić information content (AvgIpc) is 2.70. The molecule has 4 heteroatoms. The molecule has 1 aromatic carbocycles. The fraction of sp³-hybridized carbons (Fsp3) is 0.696. The highest BCUT2D eigenvalue weighted by atomic mass is 19.1. The predicted octanol–water partition coefficient (Wildman–Crippen LogP) is 4.61. The first-order valence-electron chi connectivity index (χ1n) is 10.5. The second-order valence-electron chi connectivity index (χ2n) is 10.3. The average molecular weight is 373 g/mol. The van der Waals surface area contributed by atoms with E-state index in [0.29, 0.717) is 35.9 Å². The minimum Gasteiger partial charge on any atom is -0.338 e. The minimum absolute atomic E-state index is 0.218. The topological polar surface area (TPSA) is 23.6 Å². The van der Waals surface area contributed by atoms with E-state index in [-0.39, 0.29) is 11.7 Å². The Labute approximate surface area is 162 Å². The van der Waals surface area contributed by atoms with Crippen molar-refractivity contribution in [1.82, 2.24) is 9.80 Å². The third-order valence-corrected chi connectivity index (χ3v) is 6.96. The third-order valence-electron chi connectivity index (χ3n) is 6.96. The van der Waals surface area contributed by atoms with Crippen LogP contribution < -0.4 is 0 Å². The Morgan fingerprint density at radius 2 is 1.96 bits per heavy atom. The molecule has 1 saturated carbocycles. The molecule has 4 rings (SSSR count). The first kappa shape index (κ1) is 18.9. The fourth-order valence-electron chi connectivity index (χ4n) is 6.31. The molecule has 3 nitrogen and oxygen atoms in total. The van der Waals surface area contributed by atoms with Gasteiger partial charge in [0, 0.05) is 38.1 Å². The van der Waals surface area contributed by atoms with E-state index in [1.807, 2.05) is 11.0 Å². The third kappa shape index (κ3) is 4.06. The molecule has 148 valence electrons. The number of carbonyl (C=O) groups excluding carboxylic acids is 1. The van der Waals surface area contributed by atoms with Crippen LogP contribution in [-0.2, 0) is 11.3 Å². The molecular weight excluding hydrogens is 339 g/mol. The number of halogens is 1. The van der Waals surface area contributed by atoms with Crippen LogP contribution >= 0.6 is 0 Å². The second kappa shape index (κ2) is 6.88. The summed E-state index contributed by atoms with van der Waals surface area (Å²) in [5.41, 5.74) is 1.74. The minimum atomic E-state index is -0.229. The fourth-order valence-corrected chi connectivity index (χ4v) is 6.31. The van der Waals surface area contributed by atoms with Gasteiger partial charge in [0.2, 0.25) is 5.91 Å². The van der Waals surface area contributed by atoms with Gasteiger partial charge in [-0.3, -0.25) is 9.69 Å². The van der Waals surface area contributed by atoms with Crippen molar-refractivity contribution in [1.29, 1.82) is 0 Å². The van der Waals surface area contributed by atoms with Gasteiger partial charge in [0.15, 0.2) is 0 Å². The molecule has 0 spiro atoms. The van der Waals surface area contributed by atoms with Gasteiger partial charge in [0.25, 0.3) is 0 Å². The van der Waals surface area contributed by atoms with Gasteiger partial charge >= 0.3 is 0 Å². The normalized spacial score (nSPS) is 33.9. The zero-order valence-electron chi connectivity index (χ0n) is 17.0. The lowest BCUT2D eigenvalue weighted by molar-refractivity contribution is -0.131. The van der Waals surface area contributed by atoms with E-state index in [0.717, 1.165) is 24.9 Å². The Balaban J connectivity index is 1.43. The van der Waals surface area contributed by atoms with Crippen molar-refractivity contribution in [2.24, 2.45) is 10.8 Å². The standard InChI is InChI=1S/C23H33FN2O/c1-22(2)12-20-13-23(3,15-22)16-26(20)19-7-8-21(27)25(10-9-19)14-17-5-4-6-18(24)11-17/h4-6,11,19-20H,7-10,12-16H2,1-3H3. The zero-order valence-corrected chi connectivity index (χ0v) is 17.0. The van der Waals surface area contributed by atoms with Gasteiger partial charge in [-0.05, 0) is 60.6 Å². The van der Waals surface area contributed by atoms with Crippen molar-refractivity contribution in [3.63, 3.8) is 0 Å². The molecule has 2 saturated heterocycles. The van der Waals surface area contributed by atoms with Gasteiger partial charge in [-0.1, -0.05) is 32.9 Å². The van der Waals surface area contributed by atoms with Gasteiger partial charge in [-0.2, -0.15) is 0 Å². The Morgan fingerprint density at radius 3 is 2.74 bits per heavy atom. The number of amides is 1. The van der Waals surface area contributed by atoms with Gasteiger partial charge in [-0.15, -0.1) is 0 Å². The predicted molar refractivity (Wildman–Crippen MR) is 106 cm³/mol. The molecule has 3 atom stereocenters. The van der Waals surface area contributed by atoms with Crippen LogP contribution in [0.5, 0.6) is 0 Å². The summed E-state index contributed by atoms with van der Waals surface area (Å²) in [5.74, 6) is -0.0108. The summed E-state index contributed by atoms with van der Waals surface area (Å²) < 4.78 is 13.5. The lowest BCUT2D eigenvalue weighted by Gasteiger charge is -2.40. The van der Waals surface area contributed by atoms with E-state index < -0.39 is 0 Å². The van der Waals surface area contributed by atoms with Gasteiger partial charge in [0.1, 0.15) is 5.82 Å². The van der Waals surface area contributed by atoms with Crippen molar-refractivity contribution >= 4 is 5.91 Å². The SMILES string of the molecule is CC1(C)CC2CC(C)(CN2C2CCC(=O)N(Cc3cccc(F)c3)CC2)C1. The van der Waals surface area contributed by atoms with Gasteiger partial charge in [-0.25, -0.2) is 4.39 Å². The Kier molecular flexibility index (Phi) is 4.82. The van der Waals surface area contributed by atoms with Crippen molar-refractivity contribution in [2.75, 3.05) is 13.1 Å². The summed E-state index contributed by atoms with van der Waals surface area (Å²) in [7, 11) is 0. The maximum atomic E-state index is 13.5. The van der Waals surface area contributed by atoms with Crippen molar-refractivity contribution in [3.05, 3.63) is 35.6 Å². The number of benzene rings is 1. The van der Waals surface area contributed by atoms with Crippen LogP contribution in [0, 0.1) is 16.6 Å². The van der Waals surface area contributed by atoms with Crippen LogP contribution in [-0.4, -0.2) is 40.9 Å². The second-order valence-corrected chi connectivity index (χ2v) is 10.3. The molecule has 3 aliphatic rings. The molecular formula is C23H33FN2O. The molecule has 1 aliphatic carbocycles. The van der Waals surface area contributed by atoms with Crippen molar-refractivity contribution in [3.8, 4) is 0 Å². The number of fused-ring (bicyclic) bond motifs is 2. The monoisotopic (exact) mass is 372 g/mol. The van der Waals surface area contributed by atoms with Crippen LogP contribution in [0.1, 0.15) is 64.9 Å². The smallest absolute Gasteiger partial charge is 0.222 e. The molecule has 2 heterocycles. The molecule has 0 N–H and O–H groups in total. The van der Waals surface area contributed by atoms with Crippen molar-refractivity contribution in [2.45, 2.75) is 77.9 Å². The lowest BCUT2D eigenvalue weighted by Crippen LogP contribution is -2.41. The number of hydrogen-bond acceptors (Lipinski definition) is 2. The number of hydrogen-bond donors (Lipinski definition) is 0. The van der Waals surface area contributed by atoms with Crippen LogP contribution in [0.2, 0.25) is 0 Å². The van der Waals surface area contributed by atoms with E-state index in [1.54, 1.807) is 12.1 Å². The number of nitrogens with zero attached hydrogens (tertiary/aromatic N) is 2. The summed E-state index contributed by atoms with van der Waals surface area (Å²) in [5, 5.41) is 0. The van der Waals surface area contributed by atoms with E-state index in [1.165, 1.54) is 31.9 Å². The quantitative estimate of drug-likeness (QED) is 0.774. The Morgan fingerprint density at radius 1 is 1.15 bits per heavy atom. The molecule has 2 bridgehead atoms. The summed E-state index contributed by atoms with van der Waals surface area (Å²) in [6.07, 6.45) is 6.52. The molecule has 0 radical (unpaired) electrons. The Bertz CT molecular complexity index is 718. The molecule has 1 amide bonds. The number of rotatable bonds is 3. The van der Waals surface area contributed by atoms with Crippen LogP contribution in [0.3, 0.4) is 0 Å². The molecule has 3 fully saturated rings. The molecule has 27 heavy (non-hydrogen) atoms. The summed E-state index contributed by atoms with van der Waals surface area (Å²) >= 11 is 0. The number of likely N-dealkylation sites (tertiary alicyclic amines) is 2. The maximum absolute atomic E-state index is 13.5.